The van der Waals surface area contributed by atoms with Crippen LogP contribution in [-0.4, -0.2) is 56.7 Å². The highest BCUT2D eigenvalue weighted by Gasteiger charge is 2.41. The number of likely N-dealkylation sites (tertiary alicyclic amines) is 2. The van der Waals surface area contributed by atoms with Gasteiger partial charge in [0.05, 0.1) is 11.4 Å². The smallest absolute Gasteiger partial charge is 0.272 e. The van der Waals surface area contributed by atoms with Crippen molar-refractivity contribution in [3.05, 3.63) is 47.0 Å². The molecule has 2 aromatic rings. The molecular formula is C22H31N5O. The van der Waals surface area contributed by atoms with Gasteiger partial charge in [0.15, 0.2) is 0 Å². The van der Waals surface area contributed by atoms with Crippen LogP contribution in [0.2, 0.25) is 0 Å². The fourth-order valence-electron chi connectivity index (χ4n) is 5.05. The van der Waals surface area contributed by atoms with Crippen molar-refractivity contribution in [1.82, 2.24) is 24.6 Å². The number of pyridine rings is 1. The number of piperidine rings is 2. The maximum absolute atomic E-state index is 13.1. The second kappa shape index (κ2) is 7.66. The van der Waals surface area contributed by atoms with E-state index in [9.17, 15) is 4.79 Å². The van der Waals surface area contributed by atoms with E-state index < -0.39 is 0 Å². The molecule has 0 aromatic carbocycles. The van der Waals surface area contributed by atoms with Gasteiger partial charge >= 0.3 is 0 Å². The van der Waals surface area contributed by atoms with E-state index in [-0.39, 0.29) is 11.3 Å². The van der Waals surface area contributed by atoms with Crippen LogP contribution >= 0.6 is 0 Å². The molecular weight excluding hydrogens is 350 g/mol. The van der Waals surface area contributed by atoms with Crippen molar-refractivity contribution < 1.29 is 4.79 Å². The molecule has 1 amide bonds. The van der Waals surface area contributed by atoms with Crippen molar-refractivity contribution in [2.24, 2.45) is 12.5 Å². The molecule has 0 saturated carbocycles. The van der Waals surface area contributed by atoms with Gasteiger partial charge in [-0.25, -0.2) is 0 Å². The van der Waals surface area contributed by atoms with Gasteiger partial charge in [0, 0.05) is 44.3 Å². The molecule has 6 nitrogen and oxygen atoms in total. The third-order valence-corrected chi connectivity index (χ3v) is 6.24. The van der Waals surface area contributed by atoms with Gasteiger partial charge < -0.3 is 4.90 Å². The van der Waals surface area contributed by atoms with E-state index in [0.29, 0.717) is 5.69 Å². The molecule has 150 valence electrons. The Bertz CT molecular complexity index is 856. The summed E-state index contributed by atoms with van der Waals surface area (Å²) in [6.45, 7) is 8.76. The van der Waals surface area contributed by atoms with Gasteiger partial charge in [-0.1, -0.05) is 6.07 Å². The maximum Gasteiger partial charge on any atom is 0.272 e. The lowest BCUT2D eigenvalue weighted by Crippen LogP contribution is -2.53. The fourth-order valence-corrected chi connectivity index (χ4v) is 5.05. The van der Waals surface area contributed by atoms with Gasteiger partial charge in [0.25, 0.3) is 5.91 Å². The lowest BCUT2D eigenvalue weighted by molar-refractivity contribution is 0.0105. The minimum Gasteiger partial charge on any atom is -0.337 e. The summed E-state index contributed by atoms with van der Waals surface area (Å²) in [7, 11) is 1.86. The van der Waals surface area contributed by atoms with Crippen molar-refractivity contribution in [1.29, 1.82) is 0 Å². The number of carbonyl (C=O) groups excluding carboxylic acids is 1. The molecule has 0 bridgehead atoms. The van der Waals surface area contributed by atoms with Gasteiger partial charge in [-0.3, -0.25) is 19.4 Å². The molecule has 2 aliphatic heterocycles. The first-order chi connectivity index (χ1) is 13.4. The van der Waals surface area contributed by atoms with E-state index in [2.05, 4.69) is 32.0 Å². The molecule has 1 atom stereocenters. The first kappa shape index (κ1) is 19.1. The largest absolute Gasteiger partial charge is 0.337 e. The number of rotatable bonds is 3. The van der Waals surface area contributed by atoms with Crippen LogP contribution in [-0.2, 0) is 13.6 Å². The third-order valence-electron chi connectivity index (χ3n) is 6.24. The summed E-state index contributed by atoms with van der Waals surface area (Å²) >= 11 is 0. The summed E-state index contributed by atoms with van der Waals surface area (Å²) in [4.78, 5) is 22.4. The van der Waals surface area contributed by atoms with Gasteiger partial charge in [0.1, 0.15) is 5.69 Å². The Hall–Kier alpha value is -2.21. The molecule has 4 heterocycles. The van der Waals surface area contributed by atoms with Gasteiger partial charge in [0.2, 0.25) is 0 Å². The van der Waals surface area contributed by atoms with Gasteiger partial charge in [-0.05, 0) is 64.3 Å². The summed E-state index contributed by atoms with van der Waals surface area (Å²) in [6.07, 6.45) is 4.69. The molecule has 1 unspecified atom stereocenters. The van der Waals surface area contributed by atoms with Crippen LogP contribution in [0.25, 0.3) is 0 Å². The van der Waals surface area contributed by atoms with Crippen LogP contribution in [0.4, 0.5) is 0 Å². The van der Waals surface area contributed by atoms with Crippen molar-refractivity contribution >= 4 is 5.91 Å². The molecule has 4 rings (SSSR count). The minimum atomic E-state index is 0.125. The van der Waals surface area contributed by atoms with E-state index in [1.807, 2.05) is 33.0 Å². The topological polar surface area (TPSA) is 54.3 Å². The lowest BCUT2D eigenvalue weighted by atomic mass is 9.73. The van der Waals surface area contributed by atoms with Crippen LogP contribution in [0.1, 0.15) is 53.3 Å². The molecule has 2 fully saturated rings. The number of carbonyl (C=O) groups is 1. The second-order valence-corrected chi connectivity index (χ2v) is 8.71. The normalized spacial score (nSPS) is 23.3. The van der Waals surface area contributed by atoms with Gasteiger partial charge in [-0.15, -0.1) is 0 Å². The average Bonchev–Trinajstić information content (AvgIpc) is 2.99. The summed E-state index contributed by atoms with van der Waals surface area (Å²) in [5, 5.41) is 4.35. The quantitative estimate of drug-likeness (QED) is 0.820. The molecule has 0 N–H and O–H groups in total. The Morgan fingerprint density at radius 2 is 1.89 bits per heavy atom. The summed E-state index contributed by atoms with van der Waals surface area (Å²) < 4.78 is 1.72. The fraction of sp³-hybridized carbons (Fsp3) is 0.591. The number of amides is 1. The second-order valence-electron chi connectivity index (χ2n) is 8.71. The van der Waals surface area contributed by atoms with E-state index in [1.165, 1.54) is 19.3 Å². The SMILES string of the molecule is Cc1cccc(CN2CCCC3(CCCN(C(=O)c4cc(C)nn4C)C3)C2)n1. The zero-order valence-corrected chi connectivity index (χ0v) is 17.3. The Balaban J connectivity index is 1.46. The van der Waals surface area contributed by atoms with Crippen molar-refractivity contribution in [2.45, 2.75) is 46.1 Å². The average molecular weight is 382 g/mol. The van der Waals surface area contributed by atoms with Crippen molar-refractivity contribution in [2.75, 3.05) is 26.2 Å². The Labute approximate surface area is 167 Å². The van der Waals surface area contributed by atoms with Crippen LogP contribution < -0.4 is 0 Å². The van der Waals surface area contributed by atoms with E-state index in [0.717, 1.165) is 56.2 Å². The first-order valence-electron chi connectivity index (χ1n) is 10.4. The number of hydrogen-bond acceptors (Lipinski definition) is 4. The van der Waals surface area contributed by atoms with Crippen LogP contribution in [0, 0.1) is 19.3 Å². The molecule has 28 heavy (non-hydrogen) atoms. The molecule has 6 heteroatoms. The van der Waals surface area contributed by atoms with E-state index in [1.54, 1.807) is 4.68 Å². The first-order valence-corrected chi connectivity index (χ1v) is 10.4. The Morgan fingerprint density at radius 3 is 2.61 bits per heavy atom. The maximum atomic E-state index is 13.1. The summed E-state index contributed by atoms with van der Waals surface area (Å²) in [6, 6.07) is 8.16. The number of nitrogens with zero attached hydrogens (tertiary/aromatic N) is 5. The zero-order valence-electron chi connectivity index (χ0n) is 17.3. The van der Waals surface area contributed by atoms with Crippen LogP contribution in [0.15, 0.2) is 24.3 Å². The number of hydrogen-bond donors (Lipinski definition) is 0. The van der Waals surface area contributed by atoms with Crippen LogP contribution in [0.5, 0.6) is 0 Å². The number of aromatic nitrogens is 3. The minimum absolute atomic E-state index is 0.125. The monoisotopic (exact) mass is 381 g/mol. The molecule has 1 spiro atoms. The summed E-state index contributed by atoms with van der Waals surface area (Å²) in [5.74, 6) is 0.125. The molecule has 2 aromatic heterocycles. The predicted molar refractivity (Wildman–Crippen MR) is 109 cm³/mol. The zero-order chi connectivity index (χ0) is 19.7. The van der Waals surface area contributed by atoms with Crippen molar-refractivity contribution in [3.8, 4) is 0 Å². The summed E-state index contributed by atoms with van der Waals surface area (Å²) in [5.41, 5.74) is 4.03. The molecule has 2 saturated heterocycles. The van der Waals surface area contributed by atoms with Gasteiger partial charge in [-0.2, -0.15) is 5.10 Å². The highest BCUT2D eigenvalue weighted by atomic mass is 16.2. The number of aryl methyl sites for hydroxylation is 3. The molecule has 0 radical (unpaired) electrons. The lowest BCUT2D eigenvalue weighted by Gasteiger charge is -2.48. The Morgan fingerprint density at radius 1 is 1.11 bits per heavy atom. The highest BCUT2D eigenvalue weighted by Crippen LogP contribution is 2.39. The van der Waals surface area contributed by atoms with E-state index >= 15 is 0 Å². The van der Waals surface area contributed by atoms with Crippen molar-refractivity contribution in [3.63, 3.8) is 0 Å². The Kier molecular flexibility index (Phi) is 5.23. The van der Waals surface area contributed by atoms with Crippen LogP contribution in [0.3, 0.4) is 0 Å². The third kappa shape index (κ3) is 3.97. The molecule has 0 aliphatic carbocycles. The van der Waals surface area contributed by atoms with E-state index in [4.69, 9.17) is 0 Å². The predicted octanol–water partition coefficient (Wildman–Crippen LogP) is 2.95. The highest BCUT2D eigenvalue weighted by molar-refractivity contribution is 5.92. The molecule has 2 aliphatic rings. The standard InChI is InChI=1S/C22H31N5O/c1-17-7-4-8-19(23-17)14-26-11-5-9-22(15-26)10-6-12-27(16-22)21(28)20-13-18(2)24-25(20)3/h4,7-8,13H,5-6,9-12,14-16H2,1-3H3.